The number of rotatable bonds is 7. The lowest BCUT2D eigenvalue weighted by Gasteiger charge is -2.23. The Balaban J connectivity index is 1.68. The first kappa shape index (κ1) is 22.7. The fraction of sp³-hybridized carbons (Fsp3) is 0.273. The van der Waals surface area contributed by atoms with Gasteiger partial charge in [-0.25, -0.2) is 4.79 Å². The second kappa shape index (κ2) is 10.4. The molecule has 162 valence electrons. The number of urea groups is 1. The van der Waals surface area contributed by atoms with Crippen molar-refractivity contribution in [3.63, 3.8) is 0 Å². The van der Waals surface area contributed by atoms with E-state index in [1.165, 1.54) is 11.3 Å². The highest BCUT2D eigenvalue weighted by Crippen LogP contribution is 2.27. The van der Waals surface area contributed by atoms with Gasteiger partial charge in [-0.2, -0.15) is 0 Å². The number of para-hydroxylation sites is 1. The van der Waals surface area contributed by atoms with Crippen molar-refractivity contribution < 1.29 is 9.59 Å². The van der Waals surface area contributed by atoms with Crippen LogP contribution in [0.5, 0.6) is 0 Å². The Labute approximate surface area is 190 Å². The molecule has 3 amide bonds. The van der Waals surface area contributed by atoms with Crippen molar-refractivity contribution in [1.82, 2.24) is 15.5 Å². The Morgan fingerprint density at radius 2 is 1.77 bits per heavy atom. The van der Waals surface area contributed by atoms with E-state index >= 15 is 0 Å². The smallest absolute Gasteiger partial charge is 0.319 e. The van der Waals surface area contributed by atoms with Gasteiger partial charge in [0, 0.05) is 16.3 Å². The zero-order chi connectivity index (χ0) is 22.4. The highest BCUT2D eigenvalue weighted by molar-refractivity contribution is 7.18. The number of halogens is 1. The van der Waals surface area contributed by atoms with Crippen LogP contribution < -0.4 is 16.0 Å². The average molecular weight is 458 g/mol. The predicted octanol–water partition coefficient (Wildman–Crippen LogP) is 5.34. The molecule has 0 unspecified atom stereocenters. The van der Waals surface area contributed by atoms with Crippen LogP contribution in [-0.4, -0.2) is 28.2 Å². The lowest BCUT2D eigenvalue weighted by atomic mass is 9.98. The first-order chi connectivity index (χ1) is 14.9. The molecule has 3 N–H and O–H groups in total. The Kier molecular flexibility index (Phi) is 7.59. The zero-order valence-electron chi connectivity index (χ0n) is 17.5. The van der Waals surface area contributed by atoms with Gasteiger partial charge in [-0.1, -0.05) is 73.5 Å². The number of aryl methyl sites for hydroxylation is 1. The number of amides is 3. The molecular formula is C22H24ClN5O2S. The number of carbonyl (C=O) groups is 2. The third kappa shape index (κ3) is 6.02. The first-order valence-corrected chi connectivity index (χ1v) is 11.1. The van der Waals surface area contributed by atoms with E-state index in [2.05, 4.69) is 26.1 Å². The molecule has 3 aromatic rings. The highest BCUT2D eigenvalue weighted by atomic mass is 35.5. The molecule has 1 heterocycles. The summed E-state index contributed by atoms with van der Waals surface area (Å²) < 4.78 is 0. The van der Waals surface area contributed by atoms with Crippen LogP contribution in [0, 0.1) is 12.8 Å². The van der Waals surface area contributed by atoms with Crippen LogP contribution in [0.25, 0.3) is 10.6 Å². The van der Waals surface area contributed by atoms with Crippen molar-refractivity contribution >= 4 is 45.7 Å². The highest BCUT2D eigenvalue weighted by Gasteiger charge is 2.27. The molecule has 0 saturated heterocycles. The topological polar surface area (TPSA) is 96.0 Å². The Morgan fingerprint density at radius 1 is 1.06 bits per heavy atom. The van der Waals surface area contributed by atoms with E-state index in [0.717, 1.165) is 17.5 Å². The van der Waals surface area contributed by atoms with E-state index in [9.17, 15) is 9.59 Å². The van der Waals surface area contributed by atoms with Crippen LogP contribution in [0.2, 0.25) is 5.02 Å². The van der Waals surface area contributed by atoms with Crippen LogP contribution in [-0.2, 0) is 4.79 Å². The van der Waals surface area contributed by atoms with E-state index < -0.39 is 12.1 Å². The molecular weight excluding hydrogens is 434 g/mol. The number of carbonyl (C=O) groups excluding carboxylic acids is 2. The molecule has 0 aliphatic rings. The lowest BCUT2D eigenvalue weighted by Crippen LogP contribution is -2.49. The molecule has 0 radical (unpaired) electrons. The molecule has 0 bridgehead atoms. The van der Waals surface area contributed by atoms with E-state index in [0.29, 0.717) is 20.8 Å². The maximum atomic E-state index is 12.9. The van der Waals surface area contributed by atoms with Gasteiger partial charge in [-0.15, -0.1) is 10.2 Å². The minimum Gasteiger partial charge on any atom is -0.326 e. The zero-order valence-corrected chi connectivity index (χ0v) is 19.1. The molecule has 2 aromatic carbocycles. The third-order valence-corrected chi connectivity index (χ3v) is 6.06. The number of nitrogens with zero attached hydrogens (tertiary/aromatic N) is 2. The molecule has 9 heteroatoms. The van der Waals surface area contributed by atoms with Gasteiger partial charge in [0.05, 0.1) is 0 Å². The van der Waals surface area contributed by atoms with Crippen LogP contribution in [0.4, 0.5) is 15.6 Å². The third-order valence-electron chi connectivity index (χ3n) is 4.92. The normalized spacial score (nSPS) is 12.6. The number of hydrogen-bond donors (Lipinski definition) is 3. The number of hydrogen-bond acceptors (Lipinski definition) is 5. The molecule has 0 fully saturated rings. The summed E-state index contributed by atoms with van der Waals surface area (Å²) >= 11 is 7.18. The SMILES string of the molecule is CC[C@H](C)[C@H](NC(=O)Nc1ccccc1C)C(=O)Nc1nnc(-c2ccc(Cl)cc2)s1. The number of anilines is 2. The molecule has 0 aliphatic carbocycles. The minimum absolute atomic E-state index is 0.0775. The molecule has 1 aromatic heterocycles. The van der Waals surface area contributed by atoms with E-state index in [1.807, 2.05) is 57.2 Å². The van der Waals surface area contributed by atoms with Crippen LogP contribution in [0.15, 0.2) is 48.5 Å². The van der Waals surface area contributed by atoms with Crippen LogP contribution in [0.3, 0.4) is 0 Å². The summed E-state index contributed by atoms with van der Waals surface area (Å²) in [4.78, 5) is 25.5. The van der Waals surface area contributed by atoms with Crippen LogP contribution in [0.1, 0.15) is 25.8 Å². The first-order valence-electron chi connectivity index (χ1n) is 9.90. The summed E-state index contributed by atoms with van der Waals surface area (Å²) in [5.41, 5.74) is 2.49. The van der Waals surface area contributed by atoms with Gasteiger partial charge in [0.1, 0.15) is 11.0 Å². The molecule has 3 rings (SSSR count). The summed E-state index contributed by atoms with van der Waals surface area (Å²) in [5.74, 6) is -0.417. The Hall–Kier alpha value is -2.97. The number of benzene rings is 2. The largest absolute Gasteiger partial charge is 0.326 e. The van der Waals surface area contributed by atoms with Gasteiger partial charge in [-0.3, -0.25) is 10.1 Å². The molecule has 0 saturated carbocycles. The molecule has 0 spiro atoms. The fourth-order valence-corrected chi connectivity index (χ4v) is 3.76. The Bertz CT molecular complexity index is 1050. The lowest BCUT2D eigenvalue weighted by molar-refractivity contribution is -0.119. The number of aromatic nitrogens is 2. The van der Waals surface area contributed by atoms with Crippen LogP contribution >= 0.6 is 22.9 Å². The molecule has 7 nitrogen and oxygen atoms in total. The van der Waals surface area contributed by atoms with Crippen molar-refractivity contribution in [3.05, 3.63) is 59.1 Å². The van der Waals surface area contributed by atoms with Crippen molar-refractivity contribution in [2.75, 3.05) is 10.6 Å². The van der Waals surface area contributed by atoms with Gasteiger partial charge in [0.25, 0.3) is 0 Å². The molecule has 0 aliphatic heterocycles. The number of nitrogens with one attached hydrogen (secondary N) is 3. The monoisotopic (exact) mass is 457 g/mol. The standard InChI is InChI=1S/C22H24ClN5O2S/c1-4-13(2)18(25-21(30)24-17-8-6-5-7-14(17)3)19(29)26-22-28-27-20(31-22)15-9-11-16(23)12-10-15/h5-13,18H,4H2,1-3H3,(H2,24,25,30)(H,26,28,29)/t13-,18-/m0/s1. The molecule has 2 atom stereocenters. The van der Waals surface area contributed by atoms with Gasteiger partial charge in [-0.05, 0) is 36.6 Å². The summed E-state index contributed by atoms with van der Waals surface area (Å²) in [7, 11) is 0. The van der Waals surface area contributed by atoms with Gasteiger partial charge in [0.2, 0.25) is 11.0 Å². The molecule has 31 heavy (non-hydrogen) atoms. The second-order valence-corrected chi connectivity index (χ2v) is 8.60. The quantitative estimate of drug-likeness (QED) is 0.446. The summed E-state index contributed by atoms with van der Waals surface area (Å²) in [6.45, 7) is 5.79. The van der Waals surface area contributed by atoms with E-state index in [4.69, 9.17) is 11.6 Å². The van der Waals surface area contributed by atoms with Gasteiger partial charge < -0.3 is 10.6 Å². The minimum atomic E-state index is -0.725. The van der Waals surface area contributed by atoms with E-state index in [1.54, 1.807) is 12.1 Å². The second-order valence-electron chi connectivity index (χ2n) is 7.19. The van der Waals surface area contributed by atoms with Gasteiger partial charge in [0.15, 0.2) is 0 Å². The summed E-state index contributed by atoms with van der Waals surface area (Å²) in [6.07, 6.45) is 0.717. The maximum absolute atomic E-state index is 12.9. The summed E-state index contributed by atoms with van der Waals surface area (Å²) in [6, 6.07) is 13.5. The van der Waals surface area contributed by atoms with E-state index in [-0.39, 0.29) is 11.8 Å². The van der Waals surface area contributed by atoms with Crippen molar-refractivity contribution in [3.8, 4) is 10.6 Å². The summed E-state index contributed by atoms with van der Waals surface area (Å²) in [5, 5.41) is 18.2. The van der Waals surface area contributed by atoms with Crippen molar-refractivity contribution in [2.24, 2.45) is 5.92 Å². The fourth-order valence-electron chi connectivity index (χ4n) is 2.88. The van der Waals surface area contributed by atoms with Crippen molar-refractivity contribution in [1.29, 1.82) is 0 Å². The Morgan fingerprint density at radius 3 is 2.45 bits per heavy atom. The van der Waals surface area contributed by atoms with Gasteiger partial charge >= 0.3 is 6.03 Å². The van der Waals surface area contributed by atoms with Crippen molar-refractivity contribution in [2.45, 2.75) is 33.2 Å². The average Bonchev–Trinajstić information content (AvgIpc) is 3.22. The predicted molar refractivity (Wildman–Crippen MR) is 126 cm³/mol. The maximum Gasteiger partial charge on any atom is 0.319 e.